The lowest BCUT2D eigenvalue weighted by atomic mass is 9.97. The molecule has 0 atom stereocenters. The highest BCUT2D eigenvalue weighted by atomic mass is 127. The molecule has 2 aromatic carbocycles. The molecule has 218 valence electrons. The quantitative estimate of drug-likeness (QED) is 0.0972. The number of methoxy groups -OCH3 is 2. The van der Waals surface area contributed by atoms with E-state index in [2.05, 4.69) is 4.51 Å². The van der Waals surface area contributed by atoms with Crippen molar-refractivity contribution in [2.75, 3.05) is 14.2 Å². The van der Waals surface area contributed by atoms with Crippen molar-refractivity contribution in [3.63, 3.8) is 0 Å². The third-order valence-corrected chi connectivity index (χ3v) is 11.2. The van der Waals surface area contributed by atoms with Gasteiger partial charge < -0.3 is 9.47 Å². The number of thiophene rings is 2. The Morgan fingerprint density at radius 2 is 1.02 bits per heavy atom. The van der Waals surface area contributed by atoms with Gasteiger partial charge in [-0.05, 0) is 35.4 Å². The topological polar surface area (TPSA) is 18.5 Å². The summed E-state index contributed by atoms with van der Waals surface area (Å²) in [6.45, 7) is 0. The summed E-state index contributed by atoms with van der Waals surface area (Å²) in [5.41, 5.74) is -1.09. The third kappa shape index (κ3) is 5.17. The molecular formula is C32H24F5IO2S2. The minimum atomic E-state index is -4.55. The molecule has 42 heavy (non-hydrogen) atoms. The summed E-state index contributed by atoms with van der Waals surface area (Å²) in [7, 11) is 2.53. The highest BCUT2D eigenvalue weighted by Gasteiger charge is 2.78. The fourth-order valence-corrected chi connectivity index (χ4v) is 7.95. The molecule has 5 rings (SSSR count). The van der Waals surface area contributed by atoms with Crippen molar-refractivity contribution in [2.24, 2.45) is 0 Å². The van der Waals surface area contributed by atoms with Crippen LogP contribution in [0.2, 0.25) is 0 Å². The number of allylic oxidation sites excluding steroid dienone is 2. The lowest BCUT2D eigenvalue weighted by Gasteiger charge is -2.29. The minimum absolute atomic E-state index is 0.0319. The van der Waals surface area contributed by atoms with Gasteiger partial charge in [0.1, 0.15) is 0 Å². The van der Waals surface area contributed by atoms with E-state index >= 15 is 22.0 Å². The minimum Gasteiger partial charge on any atom is -0.487 e. The van der Waals surface area contributed by atoms with E-state index in [-0.39, 0.29) is 21.3 Å². The molecule has 4 aromatic rings. The third-order valence-electron chi connectivity index (χ3n) is 6.67. The van der Waals surface area contributed by atoms with Gasteiger partial charge in [0.05, 0.1) is 14.2 Å². The van der Waals surface area contributed by atoms with Crippen molar-refractivity contribution in [1.29, 1.82) is 0 Å². The molecular weight excluding hydrogens is 702 g/mol. The van der Waals surface area contributed by atoms with Crippen molar-refractivity contribution < 1.29 is 31.4 Å². The summed E-state index contributed by atoms with van der Waals surface area (Å²) < 4.78 is 90.4. The largest absolute Gasteiger partial charge is 0.487 e. The molecule has 0 amide bonds. The Kier molecular flexibility index (Phi) is 8.60. The van der Waals surface area contributed by atoms with Gasteiger partial charge in [0.15, 0.2) is 10.1 Å². The van der Waals surface area contributed by atoms with E-state index in [1.807, 2.05) is 60.7 Å². The summed E-state index contributed by atoms with van der Waals surface area (Å²) in [6.07, 6.45) is 6.87. The van der Waals surface area contributed by atoms with E-state index < -0.39 is 47.4 Å². The number of benzene rings is 2. The maximum atomic E-state index is 16.1. The summed E-state index contributed by atoms with van der Waals surface area (Å²) >= 11 is -0.545. The zero-order valence-electron chi connectivity index (χ0n) is 22.3. The van der Waals surface area contributed by atoms with Crippen molar-refractivity contribution >= 4 is 83.4 Å². The van der Waals surface area contributed by atoms with Gasteiger partial charge >= 0.3 is 11.8 Å². The monoisotopic (exact) mass is 726 g/mol. The fraction of sp³-hybridized carbons (Fsp3) is 0.156. The number of rotatable bonds is 9. The molecule has 0 unspecified atom stereocenters. The van der Waals surface area contributed by atoms with Crippen LogP contribution >= 0.6 is 43.4 Å². The summed E-state index contributed by atoms with van der Waals surface area (Å²) in [6, 6.07) is 21.2. The number of ether oxygens (including phenoxy) is 2. The molecule has 2 aromatic heterocycles. The Morgan fingerprint density at radius 1 is 0.643 bits per heavy atom. The van der Waals surface area contributed by atoms with Crippen LogP contribution in [0.5, 0.6) is 10.1 Å². The molecule has 1 aliphatic carbocycles. The molecule has 0 aliphatic heterocycles. The second-order valence-corrected chi connectivity index (χ2v) is 13.5. The van der Waals surface area contributed by atoms with Crippen molar-refractivity contribution in [3.8, 4) is 10.1 Å². The standard InChI is InChI=1S/C32H24F5IO2S2/c1-38-32(37)30(33,34)26(24-18-22(41-28(24)39-2)16-14-20-10-6-4-7-11-20)27(31(32,35)36)25-19-23(42-29(25)40-3)17-15-21-12-8-5-9-13-21/h4-19H,1H2,2-3H3/b16-14+,17-15+. The van der Waals surface area contributed by atoms with Crippen LogP contribution in [0.15, 0.2) is 72.8 Å². The van der Waals surface area contributed by atoms with Crippen molar-refractivity contribution in [1.82, 2.24) is 0 Å². The van der Waals surface area contributed by atoms with E-state index in [0.717, 1.165) is 33.8 Å². The van der Waals surface area contributed by atoms with Gasteiger partial charge in [0.2, 0.25) is 0 Å². The Bertz CT molecular complexity index is 1570. The predicted molar refractivity (Wildman–Crippen MR) is 174 cm³/mol. The lowest BCUT2D eigenvalue weighted by molar-refractivity contribution is -0.119. The average molecular weight is 727 g/mol. The second-order valence-electron chi connectivity index (χ2n) is 9.20. The molecule has 2 heterocycles. The first-order chi connectivity index (χ1) is 20.1. The molecule has 2 nitrogen and oxygen atoms in total. The number of hydrogen-bond acceptors (Lipinski definition) is 4. The van der Waals surface area contributed by atoms with Crippen molar-refractivity contribution in [2.45, 2.75) is 15.5 Å². The first kappa shape index (κ1) is 30.4. The maximum absolute atomic E-state index is 16.1. The van der Waals surface area contributed by atoms with Crippen LogP contribution in [0, 0.1) is 0 Å². The molecule has 0 radical (unpaired) electrons. The highest BCUT2D eigenvalue weighted by Crippen LogP contribution is 2.69. The van der Waals surface area contributed by atoms with Crippen molar-refractivity contribution in [3.05, 3.63) is 105 Å². The maximum Gasteiger partial charge on any atom is 0.322 e. The Balaban J connectivity index is 1.71. The molecule has 0 saturated carbocycles. The zero-order chi connectivity index (χ0) is 30.1. The van der Waals surface area contributed by atoms with Gasteiger partial charge in [0, 0.05) is 32.0 Å². The molecule has 1 aliphatic rings. The SMILES string of the molecule is C=IC1(F)C(F)(F)C(c2cc(/C=C/c3ccccc3)sc2OC)=C(c2cc(/C=C/c3ccccc3)sc2OC)C1(F)F. The van der Waals surface area contributed by atoms with E-state index in [4.69, 9.17) is 9.47 Å². The van der Waals surface area contributed by atoms with Crippen LogP contribution in [0.4, 0.5) is 22.0 Å². The van der Waals surface area contributed by atoms with E-state index in [0.29, 0.717) is 9.75 Å². The molecule has 10 heteroatoms. The Morgan fingerprint density at radius 3 is 1.36 bits per heavy atom. The van der Waals surface area contributed by atoms with Gasteiger partial charge in [-0.25, -0.2) is 4.39 Å². The van der Waals surface area contributed by atoms with Crippen LogP contribution in [-0.4, -0.2) is 34.3 Å². The lowest BCUT2D eigenvalue weighted by Crippen LogP contribution is -2.48. The summed E-state index contributed by atoms with van der Waals surface area (Å²) in [5, 5.41) is -0.0637. The van der Waals surface area contributed by atoms with Gasteiger partial charge in [-0.15, -0.1) is 0 Å². The molecule has 0 spiro atoms. The van der Waals surface area contributed by atoms with Crippen LogP contribution in [0.1, 0.15) is 32.0 Å². The highest BCUT2D eigenvalue weighted by molar-refractivity contribution is 14.2. The number of hydrogen-bond donors (Lipinski definition) is 0. The molecule has 0 N–H and O–H groups in total. The van der Waals surface area contributed by atoms with Crippen LogP contribution < -0.4 is 9.47 Å². The summed E-state index contributed by atoms with van der Waals surface area (Å²) in [5.74, 6) is -9.11. The number of halogens is 6. The van der Waals surface area contributed by atoms with Crippen LogP contribution in [0.3, 0.4) is 0 Å². The molecule has 0 saturated heterocycles. The van der Waals surface area contributed by atoms with Crippen LogP contribution in [0.25, 0.3) is 35.5 Å². The fourth-order valence-electron chi connectivity index (χ4n) is 4.69. The van der Waals surface area contributed by atoms with Gasteiger partial charge in [0.25, 0.3) is 3.68 Å². The van der Waals surface area contributed by atoms with Gasteiger partial charge in [-0.3, -0.25) is 0 Å². The predicted octanol–water partition coefficient (Wildman–Crippen LogP) is 10.4. The molecule has 0 bridgehead atoms. The first-order valence-corrected chi connectivity index (χ1v) is 16.7. The van der Waals surface area contributed by atoms with E-state index in [1.54, 1.807) is 24.3 Å². The Labute approximate surface area is 258 Å². The average Bonchev–Trinajstić information content (AvgIpc) is 3.63. The van der Waals surface area contributed by atoms with Gasteiger partial charge in [-0.2, -0.15) is 17.6 Å². The normalized spacial score (nSPS) is 17.4. The number of alkyl halides is 6. The second kappa shape index (κ2) is 11.9. The Hall–Kier alpha value is -3.09. The van der Waals surface area contributed by atoms with E-state index in [1.165, 1.54) is 26.4 Å². The first-order valence-electron chi connectivity index (χ1n) is 12.5. The molecule has 0 fully saturated rings. The van der Waals surface area contributed by atoms with E-state index in [9.17, 15) is 0 Å². The van der Waals surface area contributed by atoms with Gasteiger partial charge in [-0.1, -0.05) is 121 Å². The zero-order valence-corrected chi connectivity index (χ0v) is 26.1. The smallest absolute Gasteiger partial charge is 0.322 e. The van der Waals surface area contributed by atoms with Crippen LogP contribution in [-0.2, 0) is 0 Å². The summed E-state index contributed by atoms with van der Waals surface area (Å²) in [4.78, 5) is 0.947.